The van der Waals surface area contributed by atoms with E-state index in [4.69, 9.17) is 18.7 Å². The molecule has 0 radical (unpaired) electrons. The van der Waals surface area contributed by atoms with Crippen LogP contribution in [0.4, 0.5) is 23.2 Å². The number of anilines is 1. The Labute approximate surface area is 234 Å². The van der Waals surface area contributed by atoms with Crippen LogP contribution < -0.4 is 10.7 Å². The molecule has 0 aliphatic heterocycles. The molecule has 0 amide bonds. The minimum absolute atomic E-state index is 0.124. The van der Waals surface area contributed by atoms with Gasteiger partial charge in [0.2, 0.25) is 0 Å². The van der Waals surface area contributed by atoms with Crippen molar-refractivity contribution in [1.82, 2.24) is 4.98 Å². The lowest BCUT2D eigenvalue weighted by atomic mass is 9.99. The lowest BCUT2D eigenvalue weighted by molar-refractivity contribution is -0.192. The van der Waals surface area contributed by atoms with Gasteiger partial charge in [-0.05, 0) is 56.7 Å². The lowest BCUT2D eigenvalue weighted by Crippen LogP contribution is -2.21. The van der Waals surface area contributed by atoms with Gasteiger partial charge in [-0.15, -0.1) is 0 Å². The van der Waals surface area contributed by atoms with Crippen LogP contribution in [0.5, 0.6) is 0 Å². The van der Waals surface area contributed by atoms with Crippen molar-refractivity contribution >= 4 is 39.6 Å². The first-order valence-electron chi connectivity index (χ1n) is 12.2. The van der Waals surface area contributed by atoms with Gasteiger partial charge in [0.05, 0.1) is 17.1 Å². The van der Waals surface area contributed by atoms with Crippen LogP contribution in [0.1, 0.15) is 40.0 Å². The summed E-state index contributed by atoms with van der Waals surface area (Å²) in [5.41, 5.74) is 2.28. The second-order valence-electron chi connectivity index (χ2n) is 9.28. The molecule has 42 heavy (non-hydrogen) atoms. The van der Waals surface area contributed by atoms with Crippen LogP contribution >= 0.6 is 0 Å². The Morgan fingerprint density at radius 3 is 2.36 bits per heavy atom. The Morgan fingerprint density at radius 1 is 1.05 bits per heavy atom. The van der Waals surface area contributed by atoms with Crippen LogP contribution in [-0.2, 0) is 4.79 Å². The lowest BCUT2D eigenvalue weighted by Gasteiger charge is -2.20. The van der Waals surface area contributed by atoms with Gasteiger partial charge in [-0.1, -0.05) is 12.1 Å². The number of carbonyl (C=O) groups is 2. The van der Waals surface area contributed by atoms with Gasteiger partial charge in [0.1, 0.15) is 22.5 Å². The number of nitrogens with one attached hydrogen (secondary N) is 1. The molecule has 0 aliphatic rings. The summed E-state index contributed by atoms with van der Waals surface area (Å²) in [7, 11) is 0. The minimum Gasteiger partial charge on any atom is -0.478 e. The average molecular weight is 586 g/mol. The molecule has 5 aromatic rings. The molecular weight excluding hydrogens is 564 g/mol. The number of aryl methyl sites for hydroxylation is 1. The van der Waals surface area contributed by atoms with Gasteiger partial charge < -0.3 is 24.4 Å². The Morgan fingerprint density at radius 2 is 1.74 bits per heavy atom. The summed E-state index contributed by atoms with van der Waals surface area (Å²) in [6, 6.07) is 10.6. The molecule has 9 nitrogen and oxygen atoms in total. The molecule has 3 N–H and O–H groups in total. The molecule has 3 aromatic heterocycles. The maximum Gasteiger partial charge on any atom is 0.490 e. The first-order chi connectivity index (χ1) is 19.7. The second kappa shape index (κ2) is 11.4. The van der Waals surface area contributed by atoms with Crippen molar-refractivity contribution in [2.24, 2.45) is 0 Å². The molecule has 1 atom stereocenters. The second-order valence-corrected chi connectivity index (χ2v) is 9.28. The van der Waals surface area contributed by atoms with E-state index in [-0.39, 0.29) is 11.1 Å². The van der Waals surface area contributed by atoms with E-state index < -0.39 is 35.5 Å². The molecule has 0 bridgehead atoms. The molecule has 218 valence electrons. The molecule has 0 aliphatic carbocycles. The van der Waals surface area contributed by atoms with Gasteiger partial charge in [-0.2, -0.15) is 13.2 Å². The highest BCUT2D eigenvalue weighted by Crippen LogP contribution is 2.34. The molecule has 2 aromatic carbocycles. The summed E-state index contributed by atoms with van der Waals surface area (Å²) in [5.74, 6) is -4.28. The number of benzene rings is 2. The largest absolute Gasteiger partial charge is 0.490 e. The normalized spacial score (nSPS) is 12.1. The van der Waals surface area contributed by atoms with E-state index in [1.54, 1.807) is 44.4 Å². The summed E-state index contributed by atoms with van der Waals surface area (Å²) in [4.78, 5) is 38.0. The number of hydrogen-bond acceptors (Lipinski definition) is 7. The van der Waals surface area contributed by atoms with Crippen LogP contribution in [0.15, 0.2) is 68.5 Å². The van der Waals surface area contributed by atoms with Crippen molar-refractivity contribution in [2.45, 2.75) is 33.0 Å². The number of rotatable bonds is 5. The van der Waals surface area contributed by atoms with Gasteiger partial charge in [0.15, 0.2) is 16.9 Å². The molecule has 3 heterocycles. The summed E-state index contributed by atoms with van der Waals surface area (Å²) in [6.45, 7) is 5.33. The number of carboxylic acids is 2. The number of aromatic carboxylic acids is 1. The third-order valence-electron chi connectivity index (χ3n) is 6.24. The highest BCUT2D eigenvalue weighted by Gasteiger charge is 2.38. The summed E-state index contributed by atoms with van der Waals surface area (Å²) < 4.78 is 58.1. The highest BCUT2D eigenvalue weighted by molar-refractivity contribution is 5.95. The van der Waals surface area contributed by atoms with E-state index in [2.05, 4.69) is 10.3 Å². The van der Waals surface area contributed by atoms with E-state index in [1.165, 1.54) is 12.1 Å². The maximum atomic E-state index is 14.2. The van der Waals surface area contributed by atoms with Crippen molar-refractivity contribution in [3.8, 4) is 11.5 Å². The fourth-order valence-corrected chi connectivity index (χ4v) is 4.29. The first kappa shape index (κ1) is 29.8. The van der Waals surface area contributed by atoms with Gasteiger partial charge in [-0.25, -0.2) is 14.0 Å². The van der Waals surface area contributed by atoms with E-state index in [1.807, 2.05) is 13.0 Å². The molecule has 5 rings (SSSR count). The number of furan rings is 1. The molecule has 0 spiro atoms. The van der Waals surface area contributed by atoms with Crippen molar-refractivity contribution in [2.75, 3.05) is 5.32 Å². The van der Waals surface area contributed by atoms with E-state index in [0.29, 0.717) is 39.2 Å². The van der Waals surface area contributed by atoms with Crippen molar-refractivity contribution in [3.05, 3.63) is 93.2 Å². The van der Waals surface area contributed by atoms with Gasteiger partial charge in [0.25, 0.3) is 0 Å². The summed E-state index contributed by atoms with van der Waals surface area (Å²) in [6.07, 6.45) is -1.80. The van der Waals surface area contributed by atoms with Gasteiger partial charge in [0, 0.05) is 28.9 Å². The van der Waals surface area contributed by atoms with Gasteiger partial charge in [-0.3, -0.25) is 9.78 Å². The van der Waals surface area contributed by atoms with Crippen LogP contribution in [0.25, 0.3) is 33.5 Å². The van der Waals surface area contributed by atoms with Crippen LogP contribution in [0.3, 0.4) is 0 Å². The first-order valence-corrected chi connectivity index (χ1v) is 12.2. The predicted octanol–water partition coefficient (Wildman–Crippen LogP) is 6.86. The number of fused-ring (bicyclic) bond motifs is 2. The van der Waals surface area contributed by atoms with Crippen LogP contribution in [0, 0.1) is 19.7 Å². The fourth-order valence-electron chi connectivity index (χ4n) is 4.29. The van der Waals surface area contributed by atoms with Crippen molar-refractivity contribution in [1.29, 1.82) is 0 Å². The standard InChI is InChI=1S/C27H21FN2O5.C2HF3O2/c1-13-9-17(15(3)30-20-6-4-5-19(28)23(20)27(32)33)26-18(10-13)24(31)14(2)25(35-26)22-11-16-12-29-8-7-21(16)34-22;3-2(4,5)1(6)7/h4-12,15,30H,1-3H3,(H,32,33);(H,6,7). The number of halogens is 4. The molecular formula is C29H22F4N2O7. The fraction of sp³-hybridized carbons (Fsp3) is 0.172. The molecule has 13 heteroatoms. The SMILES string of the molecule is Cc1cc(C(C)Nc2cccc(F)c2C(=O)O)c2oc(-c3cc4cnccc4o3)c(C)c(=O)c2c1.O=C(O)C(F)(F)F. The minimum atomic E-state index is -5.08. The van der Waals surface area contributed by atoms with Gasteiger partial charge >= 0.3 is 18.1 Å². The number of alkyl halides is 3. The number of nitrogens with zero attached hydrogens (tertiary/aromatic N) is 1. The maximum absolute atomic E-state index is 14.2. The smallest absolute Gasteiger partial charge is 0.478 e. The average Bonchev–Trinajstić information content (AvgIpc) is 3.34. The Kier molecular flexibility index (Phi) is 8.05. The molecule has 0 saturated carbocycles. The number of hydrogen-bond donors (Lipinski definition) is 3. The number of pyridine rings is 1. The van der Waals surface area contributed by atoms with E-state index in [0.717, 1.165) is 17.0 Å². The third-order valence-corrected chi connectivity index (χ3v) is 6.24. The summed E-state index contributed by atoms with van der Waals surface area (Å²) >= 11 is 0. The van der Waals surface area contributed by atoms with E-state index >= 15 is 0 Å². The van der Waals surface area contributed by atoms with Crippen LogP contribution in [0.2, 0.25) is 0 Å². The monoisotopic (exact) mass is 586 g/mol. The summed E-state index contributed by atoms with van der Waals surface area (Å²) in [5, 5.41) is 20.8. The zero-order valence-electron chi connectivity index (χ0n) is 22.2. The highest BCUT2D eigenvalue weighted by atomic mass is 19.4. The predicted molar refractivity (Wildman–Crippen MR) is 144 cm³/mol. The third kappa shape index (κ3) is 5.94. The number of carboxylic acid groups (broad SMARTS) is 2. The molecule has 0 fully saturated rings. The Bertz CT molecular complexity index is 1860. The topological polar surface area (TPSA) is 143 Å². The number of aromatic nitrogens is 1. The number of aliphatic carboxylic acids is 1. The van der Waals surface area contributed by atoms with E-state index in [9.17, 15) is 32.3 Å². The molecule has 1 unspecified atom stereocenters. The zero-order chi connectivity index (χ0) is 30.9. The van der Waals surface area contributed by atoms with Crippen molar-refractivity contribution in [3.63, 3.8) is 0 Å². The quantitative estimate of drug-likeness (QED) is 0.188. The zero-order valence-corrected chi connectivity index (χ0v) is 22.2. The Balaban J connectivity index is 0.000000517. The van der Waals surface area contributed by atoms with Crippen molar-refractivity contribution < 1.29 is 46.2 Å². The molecule has 0 saturated heterocycles. The van der Waals surface area contributed by atoms with Crippen LogP contribution in [-0.4, -0.2) is 33.3 Å². The Hall–Kier alpha value is -5.20.